The van der Waals surface area contributed by atoms with Gasteiger partial charge in [-0.1, -0.05) is 19.4 Å². The van der Waals surface area contributed by atoms with Crippen molar-refractivity contribution >= 4 is 29.9 Å². The van der Waals surface area contributed by atoms with Gasteiger partial charge in [0.15, 0.2) is 5.96 Å². The molecule has 0 spiro atoms. The fraction of sp³-hybridized carbons (Fsp3) is 0.444. The average molecular weight is 457 g/mol. The van der Waals surface area contributed by atoms with E-state index in [2.05, 4.69) is 32.1 Å². The first kappa shape index (κ1) is 21.3. The molecule has 0 fully saturated rings. The van der Waals surface area contributed by atoms with Gasteiger partial charge in [0.05, 0.1) is 6.61 Å². The predicted molar refractivity (Wildman–Crippen MR) is 113 cm³/mol. The lowest BCUT2D eigenvalue weighted by Gasteiger charge is -2.14. The van der Waals surface area contributed by atoms with Gasteiger partial charge in [-0.15, -0.1) is 24.0 Å². The number of hydrogen-bond acceptors (Lipinski definition) is 3. The van der Waals surface area contributed by atoms with Crippen LogP contribution in [0.15, 0.2) is 47.8 Å². The Balaban J connectivity index is 0.00000312. The lowest BCUT2D eigenvalue weighted by atomic mass is 10.2. The maximum Gasteiger partial charge on any atom is 0.218 e. The molecule has 25 heavy (non-hydrogen) atoms. The van der Waals surface area contributed by atoms with Gasteiger partial charge >= 0.3 is 0 Å². The van der Waals surface area contributed by atoms with Crippen LogP contribution in [0.25, 0.3) is 0 Å². The summed E-state index contributed by atoms with van der Waals surface area (Å²) in [6.45, 7) is 5.17. The molecule has 0 bridgehead atoms. The van der Waals surface area contributed by atoms with E-state index < -0.39 is 0 Å². The van der Waals surface area contributed by atoms with Crippen LogP contribution in [0.3, 0.4) is 0 Å². The van der Waals surface area contributed by atoms with Gasteiger partial charge in [0, 0.05) is 50.8 Å². The second-order valence-corrected chi connectivity index (χ2v) is 5.44. The van der Waals surface area contributed by atoms with E-state index in [1.165, 1.54) is 0 Å². The zero-order chi connectivity index (χ0) is 17.0. The summed E-state index contributed by atoms with van der Waals surface area (Å²) < 4.78 is 7.88. The van der Waals surface area contributed by atoms with E-state index in [1.807, 2.05) is 36.7 Å². The van der Waals surface area contributed by atoms with Gasteiger partial charge in [-0.2, -0.15) is 0 Å². The Labute approximate surface area is 167 Å². The highest BCUT2D eigenvalue weighted by Gasteiger charge is 2.05. The van der Waals surface area contributed by atoms with Crippen LogP contribution >= 0.6 is 24.0 Å². The Kier molecular flexibility index (Phi) is 10.7. The molecule has 0 saturated carbocycles. The molecule has 0 aliphatic heterocycles. The van der Waals surface area contributed by atoms with E-state index in [1.54, 1.807) is 13.2 Å². The number of hydrogen-bond donors (Lipinski definition) is 2. The number of unbranched alkanes of at least 4 members (excludes halogenated alkanes) is 1. The molecule has 0 radical (unpaired) electrons. The maximum atomic E-state index is 5.76. The van der Waals surface area contributed by atoms with Crippen molar-refractivity contribution in [1.29, 1.82) is 0 Å². The number of rotatable bonds is 9. The van der Waals surface area contributed by atoms with Crippen LogP contribution < -0.4 is 15.4 Å². The molecule has 138 valence electrons. The van der Waals surface area contributed by atoms with Crippen molar-refractivity contribution in [2.24, 2.45) is 4.99 Å². The van der Waals surface area contributed by atoms with Crippen molar-refractivity contribution in [3.8, 4) is 5.88 Å². The van der Waals surface area contributed by atoms with Crippen LogP contribution in [-0.2, 0) is 13.1 Å². The van der Waals surface area contributed by atoms with Gasteiger partial charge in [0.25, 0.3) is 0 Å². The maximum absolute atomic E-state index is 5.76. The summed E-state index contributed by atoms with van der Waals surface area (Å²) in [6, 6.07) is 7.99. The summed E-state index contributed by atoms with van der Waals surface area (Å²) in [4.78, 5) is 8.58. The molecule has 2 N–H and O–H groups in total. The molecule has 2 aromatic heterocycles. The highest BCUT2D eigenvalue weighted by atomic mass is 127. The second-order valence-electron chi connectivity index (χ2n) is 5.44. The minimum absolute atomic E-state index is 0. The minimum Gasteiger partial charge on any atom is -0.477 e. The first-order valence-corrected chi connectivity index (χ1v) is 8.45. The number of halogens is 1. The number of aliphatic imine (C=N–C) groups is 1. The smallest absolute Gasteiger partial charge is 0.218 e. The van der Waals surface area contributed by atoms with Crippen molar-refractivity contribution in [2.45, 2.75) is 32.9 Å². The van der Waals surface area contributed by atoms with Crippen LogP contribution in [0, 0.1) is 0 Å². The zero-order valence-electron chi connectivity index (χ0n) is 14.9. The second kappa shape index (κ2) is 12.6. The molecule has 0 saturated heterocycles. The third kappa shape index (κ3) is 7.76. The number of ether oxygens (including phenoxy) is 1. The van der Waals surface area contributed by atoms with Gasteiger partial charge < -0.3 is 19.9 Å². The van der Waals surface area contributed by atoms with Gasteiger partial charge in [0.1, 0.15) is 0 Å². The SMILES string of the molecule is CCCCOc1ncccc1CNC(=NC)NCCn1cccc1.I. The highest BCUT2D eigenvalue weighted by molar-refractivity contribution is 14.0. The standard InChI is InChI=1S/C18H27N5O.HI/c1-3-4-14-24-17-16(8-7-9-20-17)15-22-18(19-2)21-10-13-23-11-5-6-12-23;/h5-9,11-12H,3-4,10,13-15H2,1-2H3,(H2,19,21,22);1H. The number of nitrogens with zero attached hydrogens (tertiary/aromatic N) is 3. The van der Waals surface area contributed by atoms with Crippen molar-refractivity contribution in [3.63, 3.8) is 0 Å². The quantitative estimate of drug-likeness (QED) is 0.263. The Bertz CT molecular complexity index is 616. The van der Waals surface area contributed by atoms with E-state index in [0.717, 1.165) is 37.5 Å². The molecule has 0 amide bonds. The molecular formula is C18H28IN5O. The molecule has 2 rings (SSSR count). The molecule has 7 heteroatoms. The Morgan fingerprint density at radius 3 is 2.76 bits per heavy atom. The van der Waals surface area contributed by atoms with Gasteiger partial charge in [0.2, 0.25) is 5.88 Å². The van der Waals surface area contributed by atoms with Gasteiger partial charge in [-0.25, -0.2) is 4.98 Å². The largest absolute Gasteiger partial charge is 0.477 e. The lowest BCUT2D eigenvalue weighted by Crippen LogP contribution is -2.38. The number of guanidine groups is 1. The third-order valence-electron chi connectivity index (χ3n) is 3.59. The third-order valence-corrected chi connectivity index (χ3v) is 3.59. The van der Waals surface area contributed by atoms with Crippen LogP contribution in [0.2, 0.25) is 0 Å². The molecule has 0 aliphatic rings. The Hall–Kier alpha value is -1.77. The summed E-state index contributed by atoms with van der Waals surface area (Å²) in [5.74, 6) is 1.46. The topological polar surface area (TPSA) is 63.5 Å². The van der Waals surface area contributed by atoms with Crippen molar-refractivity contribution in [2.75, 3.05) is 20.2 Å². The van der Waals surface area contributed by atoms with E-state index in [9.17, 15) is 0 Å². The minimum atomic E-state index is 0. The molecule has 6 nitrogen and oxygen atoms in total. The normalized spacial score (nSPS) is 10.9. The van der Waals surface area contributed by atoms with Crippen molar-refractivity contribution in [1.82, 2.24) is 20.2 Å². The first-order chi connectivity index (χ1) is 11.8. The van der Waals surface area contributed by atoms with E-state index in [4.69, 9.17) is 4.74 Å². The van der Waals surface area contributed by atoms with Crippen molar-refractivity contribution < 1.29 is 4.74 Å². The number of pyridine rings is 1. The van der Waals surface area contributed by atoms with E-state index in [-0.39, 0.29) is 24.0 Å². The fourth-order valence-electron chi connectivity index (χ4n) is 2.22. The van der Waals surface area contributed by atoms with Crippen LogP contribution in [-0.4, -0.2) is 35.7 Å². The van der Waals surface area contributed by atoms with E-state index >= 15 is 0 Å². The molecule has 2 aromatic rings. The molecule has 2 heterocycles. The summed E-state index contributed by atoms with van der Waals surface area (Å²) in [5.41, 5.74) is 1.03. The monoisotopic (exact) mass is 457 g/mol. The highest BCUT2D eigenvalue weighted by Crippen LogP contribution is 2.14. The van der Waals surface area contributed by atoms with Crippen LogP contribution in [0.5, 0.6) is 5.88 Å². The predicted octanol–water partition coefficient (Wildman–Crippen LogP) is 3.05. The summed E-state index contributed by atoms with van der Waals surface area (Å²) in [6.07, 6.45) is 8.00. The number of aromatic nitrogens is 2. The lowest BCUT2D eigenvalue weighted by molar-refractivity contribution is 0.294. The zero-order valence-corrected chi connectivity index (χ0v) is 17.3. The fourth-order valence-corrected chi connectivity index (χ4v) is 2.22. The molecule has 0 atom stereocenters. The Morgan fingerprint density at radius 2 is 2.04 bits per heavy atom. The summed E-state index contributed by atoms with van der Waals surface area (Å²) in [5, 5.41) is 6.61. The summed E-state index contributed by atoms with van der Waals surface area (Å²) >= 11 is 0. The van der Waals surface area contributed by atoms with Gasteiger partial charge in [-0.05, 0) is 24.6 Å². The average Bonchev–Trinajstić information content (AvgIpc) is 3.12. The van der Waals surface area contributed by atoms with Gasteiger partial charge in [-0.3, -0.25) is 4.99 Å². The molecule has 0 aliphatic carbocycles. The molecular weight excluding hydrogens is 429 g/mol. The van der Waals surface area contributed by atoms with Crippen molar-refractivity contribution in [3.05, 3.63) is 48.4 Å². The molecule has 0 unspecified atom stereocenters. The first-order valence-electron chi connectivity index (χ1n) is 8.45. The van der Waals surface area contributed by atoms with Crippen LogP contribution in [0.1, 0.15) is 25.3 Å². The Morgan fingerprint density at radius 1 is 1.24 bits per heavy atom. The van der Waals surface area contributed by atoms with E-state index in [0.29, 0.717) is 19.0 Å². The summed E-state index contributed by atoms with van der Waals surface area (Å²) in [7, 11) is 1.77. The van der Waals surface area contributed by atoms with Crippen LogP contribution in [0.4, 0.5) is 0 Å². The molecule has 0 aromatic carbocycles. The number of nitrogens with one attached hydrogen (secondary N) is 2.